The van der Waals surface area contributed by atoms with Crippen LogP contribution in [0.3, 0.4) is 0 Å². The Balaban J connectivity index is 0.718. The van der Waals surface area contributed by atoms with Gasteiger partial charge in [-0.2, -0.15) is 13.2 Å². The van der Waals surface area contributed by atoms with E-state index in [1.165, 1.54) is 46.7 Å². The summed E-state index contributed by atoms with van der Waals surface area (Å²) in [6.07, 6.45) is 6.75. The van der Waals surface area contributed by atoms with Crippen molar-refractivity contribution in [2.24, 2.45) is 5.41 Å². The molecule has 2 atom stereocenters. The molecule has 10 rings (SSSR count). The number of carbonyl (C=O) groups excluding carboxylic acids is 5. The molecule has 5 aromatic carbocycles. The number of nitrogens with one attached hydrogen (secondary N) is 3. The van der Waals surface area contributed by atoms with Crippen LogP contribution in [0, 0.1) is 17.3 Å². The van der Waals surface area contributed by atoms with Gasteiger partial charge in [0.1, 0.15) is 10.9 Å². The van der Waals surface area contributed by atoms with Crippen LogP contribution in [0.25, 0.3) is 5.57 Å². The van der Waals surface area contributed by atoms with Crippen LogP contribution < -0.4 is 20.3 Å². The number of nitrogens with zero attached hydrogens (tertiary/aromatic N) is 5. The molecule has 5 aromatic rings. The predicted octanol–water partition coefficient (Wildman–Crippen LogP) is 10.1. The van der Waals surface area contributed by atoms with Gasteiger partial charge in [0.05, 0.1) is 21.7 Å². The van der Waals surface area contributed by atoms with Crippen LogP contribution in [0.4, 0.5) is 24.5 Å². The summed E-state index contributed by atoms with van der Waals surface area (Å²) in [7, 11) is -11.0. The van der Waals surface area contributed by atoms with E-state index in [9.17, 15) is 54.0 Å². The van der Waals surface area contributed by atoms with Gasteiger partial charge in [-0.25, -0.2) is 21.6 Å². The molecular weight excluding hydrogens is 1250 g/mol. The molecule has 3 fully saturated rings. The van der Waals surface area contributed by atoms with Crippen molar-refractivity contribution in [3.8, 4) is 11.8 Å². The number of rotatable bonds is 22. The molecule has 17 nitrogen and oxygen atoms in total. The first-order valence-electron chi connectivity index (χ1n) is 30.7. The van der Waals surface area contributed by atoms with E-state index in [0.29, 0.717) is 68.0 Å². The van der Waals surface area contributed by atoms with E-state index in [1.54, 1.807) is 24.3 Å². The molecule has 5 amide bonds. The molecule has 0 spiro atoms. The summed E-state index contributed by atoms with van der Waals surface area (Å²) in [6.45, 7) is 12.9. The van der Waals surface area contributed by atoms with Crippen LogP contribution in [0.15, 0.2) is 136 Å². The van der Waals surface area contributed by atoms with Crippen molar-refractivity contribution >= 4 is 89.7 Å². The van der Waals surface area contributed by atoms with Gasteiger partial charge in [0.15, 0.2) is 0 Å². The molecule has 24 heteroatoms. The van der Waals surface area contributed by atoms with Gasteiger partial charge in [0.2, 0.25) is 11.8 Å². The minimum Gasteiger partial charge on any atom is -0.380 e. The largest absolute Gasteiger partial charge is 0.501 e. The van der Waals surface area contributed by atoms with Gasteiger partial charge in [-0.15, -0.1) is 11.8 Å². The molecule has 0 saturated carbocycles. The lowest BCUT2D eigenvalue weighted by Gasteiger charge is -2.39. The normalized spacial score (nSPS) is 19.0. The lowest BCUT2D eigenvalue weighted by molar-refractivity contribution is -0.136. The summed E-state index contributed by atoms with van der Waals surface area (Å²) in [5, 5.41) is 5.96. The molecule has 91 heavy (non-hydrogen) atoms. The molecule has 1 unspecified atom stereocenters. The topological polar surface area (TPSA) is 206 Å². The van der Waals surface area contributed by atoms with Crippen LogP contribution >= 0.6 is 23.4 Å². The minimum absolute atomic E-state index is 0.0243. The van der Waals surface area contributed by atoms with Crippen LogP contribution in [0.2, 0.25) is 5.02 Å². The zero-order chi connectivity index (χ0) is 64.7. The molecular formula is C67H74ClF3N8O9S3. The van der Waals surface area contributed by atoms with E-state index in [4.69, 9.17) is 11.6 Å². The molecule has 0 aromatic heterocycles. The molecule has 0 radical (unpaired) electrons. The zero-order valence-electron chi connectivity index (χ0n) is 50.8. The monoisotopic (exact) mass is 1320 g/mol. The number of imide groups is 2. The Morgan fingerprint density at radius 1 is 0.780 bits per heavy atom. The molecule has 5 aliphatic rings. The SMILES string of the molecule is CC1(C)CCC(c2ccc(Cl)cc2)=C(CN2CCN(c3ccc(C(=O)NS(=O)(=O)c4ccc(N[C@H](CCN5CCN(CCCCCC#Cc6cccc7c6C(=O)N(C6CCC(=O)NC6=O)C7=O)CC5)CSc5ccccc5)c(S(=O)(=O)C(F)(F)F)c4)cc3)CC2)C1. The molecule has 1 aliphatic carbocycles. The quantitative estimate of drug-likeness (QED) is 0.0255. The summed E-state index contributed by atoms with van der Waals surface area (Å²) >= 11 is 7.65. The van der Waals surface area contributed by atoms with E-state index in [-0.39, 0.29) is 34.9 Å². The number of anilines is 2. The van der Waals surface area contributed by atoms with Crippen LogP contribution in [0.5, 0.6) is 0 Å². The third-order valence-electron chi connectivity index (χ3n) is 17.5. The Kier molecular flexibility index (Phi) is 21.2. The van der Waals surface area contributed by atoms with Crippen molar-refractivity contribution in [2.45, 2.75) is 110 Å². The van der Waals surface area contributed by atoms with Crippen molar-refractivity contribution in [3.05, 3.63) is 154 Å². The molecule has 3 N–H and O–H groups in total. The fourth-order valence-corrected chi connectivity index (χ4v) is 15.5. The van der Waals surface area contributed by atoms with Crippen LogP contribution in [-0.4, -0.2) is 161 Å². The fraction of sp³-hybridized carbons (Fsp3) is 0.418. The second kappa shape index (κ2) is 28.9. The maximum absolute atomic E-state index is 14.5. The number of allylic oxidation sites excluding steroid dienone is 1. The van der Waals surface area contributed by atoms with E-state index in [2.05, 4.69) is 68.1 Å². The number of thioether (sulfide) groups is 1. The number of piperazine rings is 2. The summed E-state index contributed by atoms with van der Waals surface area (Å²) in [5.74, 6) is 3.14. The highest BCUT2D eigenvalue weighted by molar-refractivity contribution is 7.99. The zero-order valence-corrected chi connectivity index (χ0v) is 54.0. The van der Waals surface area contributed by atoms with Gasteiger partial charge in [-0.1, -0.05) is 85.7 Å². The Hall–Kier alpha value is -7.04. The van der Waals surface area contributed by atoms with E-state index in [0.717, 1.165) is 105 Å². The second-order valence-electron chi connectivity index (χ2n) is 24.5. The van der Waals surface area contributed by atoms with Crippen molar-refractivity contribution in [1.29, 1.82) is 0 Å². The van der Waals surface area contributed by atoms with E-state index in [1.807, 2.05) is 47.2 Å². The Morgan fingerprint density at radius 2 is 1.47 bits per heavy atom. The standard InChI is InChI=1S/C67H74ClF3N8O9S3/c1-66(2)31-29-55(46-17-21-50(68)22-18-46)49(43-66)44-77-38-40-78(41-39-77)52-23-19-48(20-24-52)62(81)74-91(87,88)54-25-26-57(59(42-54)90(85,86)67(69,70)71)72-51(45-89-53-14-8-6-9-15-53)30-33-76-36-34-75(35-37-76)32-10-5-3-4-7-12-47-13-11-16-56-61(47)65(84)79(64(56)83)58-27-28-60(80)73-63(58)82/h6,8-9,11,13-26,42,51,58,72H,3-5,10,27-41,43-45H2,1-2H3,(H,74,81)(H,73,80,82)/t51-,58?/m1/s1. The number of fused-ring (bicyclic) bond motifs is 1. The lowest BCUT2D eigenvalue weighted by Crippen LogP contribution is -2.54. The number of amides is 5. The highest BCUT2D eigenvalue weighted by Crippen LogP contribution is 2.43. The van der Waals surface area contributed by atoms with Gasteiger partial charge in [-0.05, 0) is 147 Å². The van der Waals surface area contributed by atoms with Gasteiger partial charge >= 0.3 is 5.51 Å². The fourth-order valence-electron chi connectivity index (χ4n) is 12.4. The maximum atomic E-state index is 14.5. The number of hydrogen-bond acceptors (Lipinski definition) is 15. The van der Waals surface area contributed by atoms with Crippen molar-refractivity contribution < 1.29 is 54.0 Å². The first-order valence-corrected chi connectivity index (χ1v) is 35.1. The van der Waals surface area contributed by atoms with Gasteiger partial charge in [0.25, 0.3) is 37.6 Å². The third-order valence-corrected chi connectivity index (χ3v) is 21.8. The highest BCUT2D eigenvalue weighted by atomic mass is 35.5. The Bertz CT molecular complexity index is 3870. The summed E-state index contributed by atoms with van der Waals surface area (Å²) in [5.41, 5.74) is -0.459. The van der Waals surface area contributed by atoms with Crippen LogP contribution in [-0.2, 0) is 29.4 Å². The van der Waals surface area contributed by atoms with Crippen molar-refractivity contribution in [1.82, 2.24) is 29.6 Å². The van der Waals surface area contributed by atoms with Gasteiger partial charge in [0, 0.05) is 117 Å². The number of sulfonamides is 1. The number of alkyl halides is 3. The average molecular weight is 1320 g/mol. The Labute approximate surface area is 539 Å². The van der Waals surface area contributed by atoms with E-state index < -0.39 is 82.5 Å². The number of hydrogen-bond donors (Lipinski definition) is 3. The van der Waals surface area contributed by atoms with E-state index >= 15 is 0 Å². The van der Waals surface area contributed by atoms with Gasteiger partial charge < -0.3 is 20.0 Å². The van der Waals surface area contributed by atoms with Crippen LogP contribution in [0.1, 0.15) is 120 Å². The lowest BCUT2D eigenvalue weighted by atomic mass is 9.73. The number of benzene rings is 5. The number of sulfone groups is 1. The summed E-state index contributed by atoms with van der Waals surface area (Å²) in [6, 6.07) is 29.4. The minimum atomic E-state index is -6.13. The molecule has 3 saturated heterocycles. The predicted molar refractivity (Wildman–Crippen MR) is 346 cm³/mol. The first-order chi connectivity index (χ1) is 43.4. The molecule has 4 heterocycles. The molecule has 482 valence electrons. The second-order valence-corrected chi connectivity index (χ2v) is 29.6. The summed E-state index contributed by atoms with van der Waals surface area (Å²) in [4.78, 5) is 73.3. The number of unbranched alkanes of at least 4 members (excludes halogenated alkanes) is 3. The number of halogens is 4. The molecule has 4 aliphatic heterocycles. The smallest absolute Gasteiger partial charge is 0.380 e. The number of carbonyl (C=O) groups is 5. The van der Waals surface area contributed by atoms with Crippen molar-refractivity contribution in [2.75, 3.05) is 88.0 Å². The van der Waals surface area contributed by atoms with Gasteiger partial charge in [-0.3, -0.25) is 39.1 Å². The summed E-state index contributed by atoms with van der Waals surface area (Å²) < 4.78 is 99.9. The third kappa shape index (κ3) is 16.4. The molecule has 0 bridgehead atoms. The van der Waals surface area contributed by atoms with Crippen molar-refractivity contribution in [3.63, 3.8) is 0 Å². The number of piperidine rings is 1. The average Bonchev–Trinajstić information content (AvgIpc) is 1.60. The first kappa shape index (κ1) is 66.9. The Morgan fingerprint density at radius 3 is 2.16 bits per heavy atom. The highest BCUT2D eigenvalue weighted by Gasteiger charge is 2.49. The maximum Gasteiger partial charge on any atom is 0.501 e.